The van der Waals surface area contributed by atoms with Crippen LogP contribution in [0.3, 0.4) is 0 Å². The minimum absolute atomic E-state index is 0.238. The van der Waals surface area contributed by atoms with Gasteiger partial charge in [0.1, 0.15) is 17.7 Å². The summed E-state index contributed by atoms with van der Waals surface area (Å²) in [5.41, 5.74) is 2.41. The van der Waals surface area contributed by atoms with Crippen molar-refractivity contribution in [3.63, 3.8) is 0 Å². The van der Waals surface area contributed by atoms with Gasteiger partial charge in [0.2, 0.25) is 5.91 Å². The van der Waals surface area contributed by atoms with E-state index in [1.54, 1.807) is 58.9 Å². The highest BCUT2D eigenvalue weighted by atomic mass is 35.5. The lowest BCUT2D eigenvalue weighted by molar-refractivity contribution is -0.142. The SMILES string of the molecule is Cc1ccc(C)c(C(C(=O)Nc2c(C)cccc2Cl)N(CCO)C(=O)C(CO)NC(=O)OC(C)(C)C)c1. The fourth-order valence-corrected chi connectivity index (χ4v) is 4.07. The lowest BCUT2D eigenvalue weighted by Gasteiger charge is -2.34. The number of nitrogens with zero attached hydrogens (tertiary/aromatic N) is 1. The summed E-state index contributed by atoms with van der Waals surface area (Å²) in [4.78, 5) is 40.9. The van der Waals surface area contributed by atoms with E-state index in [4.69, 9.17) is 16.3 Å². The van der Waals surface area contributed by atoms with E-state index in [9.17, 15) is 24.6 Å². The Morgan fingerprint density at radius 2 is 1.73 bits per heavy atom. The Morgan fingerprint density at radius 3 is 2.30 bits per heavy atom. The number of para-hydroxylation sites is 1. The lowest BCUT2D eigenvalue weighted by atomic mass is 9.96. The molecule has 0 saturated carbocycles. The van der Waals surface area contributed by atoms with Crippen LogP contribution in [0.15, 0.2) is 36.4 Å². The van der Waals surface area contributed by atoms with E-state index in [1.165, 1.54) is 0 Å². The molecule has 2 aromatic rings. The predicted molar refractivity (Wildman–Crippen MR) is 143 cm³/mol. The molecule has 202 valence electrons. The first-order valence-electron chi connectivity index (χ1n) is 11.9. The van der Waals surface area contributed by atoms with Crippen LogP contribution in [-0.2, 0) is 14.3 Å². The number of rotatable bonds is 9. The molecule has 2 rings (SSSR count). The molecule has 0 fully saturated rings. The maximum absolute atomic E-state index is 13.8. The van der Waals surface area contributed by atoms with Crippen LogP contribution in [0.1, 0.15) is 49.1 Å². The Balaban J connectivity index is 2.54. The summed E-state index contributed by atoms with van der Waals surface area (Å²) < 4.78 is 5.22. The highest BCUT2D eigenvalue weighted by Crippen LogP contribution is 2.31. The summed E-state index contributed by atoms with van der Waals surface area (Å²) >= 11 is 6.34. The third-order valence-corrected chi connectivity index (χ3v) is 5.87. The molecule has 0 aromatic heterocycles. The molecule has 0 aliphatic carbocycles. The van der Waals surface area contributed by atoms with Crippen molar-refractivity contribution >= 4 is 35.2 Å². The summed E-state index contributed by atoms with van der Waals surface area (Å²) in [6.07, 6.45) is -0.900. The second kappa shape index (κ2) is 12.9. The van der Waals surface area contributed by atoms with Crippen LogP contribution in [-0.4, -0.2) is 64.4 Å². The number of benzene rings is 2. The summed E-state index contributed by atoms with van der Waals surface area (Å²) in [6.45, 7) is 9.00. The number of hydrogen-bond donors (Lipinski definition) is 4. The van der Waals surface area contributed by atoms with Crippen LogP contribution < -0.4 is 10.6 Å². The molecule has 4 N–H and O–H groups in total. The molecule has 0 radical (unpaired) electrons. The van der Waals surface area contributed by atoms with Crippen LogP contribution in [0, 0.1) is 20.8 Å². The topological polar surface area (TPSA) is 128 Å². The normalized spacial score (nSPS) is 12.9. The zero-order valence-corrected chi connectivity index (χ0v) is 22.8. The number of alkyl carbamates (subject to hydrolysis) is 1. The molecule has 0 aliphatic rings. The molecule has 0 spiro atoms. The van der Waals surface area contributed by atoms with Crippen molar-refractivity contribution < 1.29 is 29.3 Å². The van der Waals surface area contributed by atoms with Gasteiger partial charge in [-0.3, -0.25) is 9.59 Å². The number of aliphatic hydroxyl groups is 2. The molecular formula is C27H36ClN3O6. The standard InChI is InChI=1S/C27H36ClN3O6/c1-16-10-11-17(2)19(14-16)23(24(34)30-22-18(3)8-7-9-20(22)28)31(12-13-32)25(35)21(15-33)29-26(36)37-27(4,5)6/h7-11,14,21,23,32-33H,12-13,15H2,1-6H3,(H,29,36)(H,30,34). The number of carbonyl (C=O) groups is 3. The number of carbonyl (C=O) groups excluding carboxylic acids is 3. The van der Waals surface area contributed by atoms with Gasteiger partial charge in [-0.1, -0.05) is 47.5 Å². The van der Waals surface area contributed by atoms with E-state index in [2.05, 4.69) is 10.6 Å². The minimum Gasteiger partial charge on any atom is -0.444 e. The number of aliphatic hydroxyl groups excluding tert-OH is 2. The van der Waals surface area contributed by atoms with Gasteiger partial charge in [0.15, 0.2) is 0 Å². The molecule has 0 saturated heterocycles. The Kier molecular flexibility index (Phi) is 10.5. The van der Waals surface area contributed by atoms with Crippen molar-refractivity contribution in [3.05, 3.63) is 63.7 Å². The fraction of sp³-hybridized carbons (Fsp3) is 0.444. The largest absolute Gasteiger partial charge is 0.444 e. The van der Waals surface area contributed by atoms with Crippen molar-refractivity contribution in [1.82, 2.24) is 10.2 Å². The van der Waals surface area contributed by atoms with Crippen LogP contribution in [0.25, 0.3) is 0 Å². The van der Waals surface area contributed by atoms with Crippen LogP contribution in [0.4, 0.5) is 10.5 Å². The number of amides is 3. The Labute approximate surface area is 222 Å². The first kappa shape index (κ1) is 30.1. The Hall–Kier alpha value is -3.14. The van der Waals surface area contributed by atoms with Gasteiger partial charge in [-0.05, 0) is 64.3 Å². The number of nitrogens with one attached hydrogen (secondary N) is 2. The number of aryl methyl sites for hydroxylation is 3. The first-order valence-corrected chi connectivity index (χ1v) is 12.3. The fourth-order valence-electron chi connectivity index (χ4n) is 3.80. The first-order chi connectivity index (χ1) is 17.3. The van der Waals surface area contributed by atoms with Gasteiger partial charge < -0.3 is 30.5 Å². The van der Waals surface area contributed by atoms with E-state index in [-0.39, 0.29) is 6.54 Å². The number of ether oxygens (including phenoxy) is 1. The molecule has 0 heterocycles. The van der Waals surface area contributed by atoms with Crippen molar-refractivity contribution in [1.29, 1.82) is 0 Å². The van der Waals surface area contributed by atoms with Gasteiger partial charge in [-0.2, -0.15) is 0 Å². The molecule has 9 nitrogen and oxygen atoms in total. The summed E-state index contributed by atoms with van der Waals surface area (Å²) in [5, 5.41) is 25.3. The zero-order valence-electron chi connectivity index (χ0n) is 22.1. The van der Waals surface area contributed by atoms with Crippen LogP contribution in [0.2, 0.25) is 5.02 Å². The molecule has 2 aromatic carbocycles. The molecule has 0 bridgehead atoms. The minimum atomic E-state index is -1.41. The molecule has 0 aliphatic heterocycles. The summed E-state index contributed by atoms with van der Waals surface area (Å²) in [7, 11) is 0. The molecule has 2 atom stereocenters. The Morgan fingerprint density at radius 1 is 1.05 bits per heavy atom. The molecule has 37 heavy (non-hydrogen) atoms. The summed E-state index contributed by atoms with van der Waals surface area (Å²) in [6, 6.07) is 8.06. The van der Waals surface area contributed by atoms with Gasteiger partial charge in [-0.25, -0.2) is 4.79 Å². The summed E-state index contributed by atoms with van der Waals surface area (Å²) in [5.74, 6) is -1.33. The maximum atomic E-state index is 13.8. The Bertz CT molecular complexity index is 1110. The predicted octanol–water partition coefficient (Wildman–Crippen LogP) is 3.65. The molecule has 2 unspecified atom stereocenters. The van der Waals surface area contributed by atoms with Crippen molar-refractivity contribution in [2.75, 3.05) is 25.1 Å². The zero-order chi connectivity index (χ0) is 27.9. The average Bonchev–Trinajstić information content (AvgIpc) is 2.80. The second-order valence-corrected chi connectivity index (χ2v) is 10.2. The highest BCUT2D eigenvalue weighted by Gasteiger charge is 2.37. The molecule has 3 amide bonds. The quantitative estimate of drug-likeness (QED) is 0.389. The van der Waals surface area contributed by atoms with Gasteiger partial charge in [0.05, 0.1) is 23.9 Å². The monoisotopic (exact) mass is 533 g/mol. The second-order valence-electron chi connectivity index (χ2n) is 9.82. The van der Waals surface area contributed by atoms with Crippen molar-refractivity contribution in [2.45, 2.75) is 59.2 Å². The number of anilines is 1. The van der Waals surface area contributed by atoms with Gasteiger partial charge in [0, 0.05) is 6.54 Å². The average molecular weight is 534 g/mol. The van der Waals surface area contributed by atoms with Gasteiger partial charge >= 0.3 is 6.09 Å². The lowest BCUT2D eigenvalue weighted by Crippen LogP contribution is -2.54. The van der Waals surface area contributed by atoms with E-state index >= 15 is 0 Å². The smallest absolute Gasteiger partial charge is 0.408 e. The van der Waals surface area contributed by atoms with E-state index < -0.39 is 48.8 Å². The molecular weight excluding hydrogens is 498 g/mol. The van der Waals surface area contributed by atoms with Crippen LogP contribution >= 0.6 is 11.6 Å². The van der Waals surface area contributed by atoms with Gasteiger partial charge in [-0.15, -0.1) is 0 Å². The van der Waals surface area contributed by atoms with Gasteiger partial charge in [0.25, 0.3) is 5.91 Å². The van der Waals surface area contributed by atoms with Crippen molar-refractivity contribution in [2.24, 2.45) is 0 Å². The third-order valence-electron chi connectivity index (χ3n) is 5.56. The van der Waals surface area contributed by atoms with Crippen molar-refractivity contribution in [3.8, 4) is 0 Å². The molecule has 10 heteroatoms. The third kappa shape index (κ3) is 8.18. The van der Waals surface area contributed by atoms with Crippen LogP contribution in [0.5, 0.6) is 0 Å². The van der Waals surface area contributed by atoms with E-state index in [1.807, 2.05) is 19.1 Å². The maximum Gasteiger partial charge on any atom is 0.408 e. The van der Waals surface area contributed by atoms with E-state index in [0.717, 1.165) is 21.6 Å². The number of halogens is 1. The number of hydrogen-bond acceptors (Lipinski definition) is 6. The highest BCUT2D eigenvalue weighted by molar-refractivity contribution is 6.34. The van der Waals surface area contributed by atoms with E-state index in [0.29, 0.717) is 16.3 Å².